The summed E-state index contributed by atoms with van der Waals surface area (Å²) in [6, 6.07) is 6.48. The van der Waals surface area contributed by atoms with Crippen molar-refractivity contribution in [3.05, 3.63) is 65.0 Å². The number of rotatable bonds is 2. The third-order valence-electron chi connectivity index (χ3n) is 6.68. The molecule has 4 heterocycles. The molecular weight excluding hydrogens is 404 g/mol. The SMILES string of the molecule is Cc1ncccc1C(=O)N1CCC2(CC1)O[C@@H]1CC[C@@H](c3cc(F)cc(F)c3)N1C2=O. The Morgan fingerprint density at radius 2 is 1.87 bits per heavy atom. The van der Waals surface area contributed by atoms with Crippen LogP contribution in [-0.2, 0) is 9.53 Å². The van der Waals surface area contributed by atoms with Crippen LogP contribution in [-0.4, -0.2) is 51.5 Å². The molecule has 2 aromatic rings. The molecule has 0 radical (unpaired) electrons. The number of likely N-dealkylation sites (tertiary alicyclic amines) is 1. The first-order valence-electron chi connectivity index (χ1n) is 10.6. The molecule has 6 nitrogen and oxygen atoms in total. The average molecular weight is 427 g/mol. The molecule has 31 heavy (non-hydrogen) atoms. The number of nitrogens with zero attached hydrogens (tertiary/aromatic N) is 3. The second-order valence-electron chi connectivity index (χ2n) is 8.50. The van der Waals surface area contributed by atoms with Crippen molar-refractivity contribution in [1.29, 1.82) is 0 Å². The van der Waals surface area contributed by atoms with Crippen LogP contribution in [0.1, 0.15) is 53.3 Å². The lowest BCUT2D eigenvalue weighted by molar-refractivity contribution is -0.142. The van der Waals surface area contributed by atoms with Gasteiger partial charge in [-0.3, -0.25) is 14.6 Å². The van der Waals surface area contributed by atoms with Gasteiger partial charge in [0.2, 0.25) is 0 Å². The first-order chi connectivity index (χ1) is 14.9. The number of pyridine rings is 1. The highest BCUT2D eigenvalue weighted by atomic mass is 19.1. The monoisotopic (exact) mass is 427 g/mol. The number of aromatic nitrogens is 1. The third kappa shape index (κ3) is 3.29. The van der Waals surface area contributed by atoms with Crippen LogP contribution in [0.3, 0.4) is 0 Å². The highest BCUT2D eigenvalue weighted by Gasteiger charge is 2.58. The Morgan fingerprint density at radius 3 is 2.55 bits per heavy atom. The molecule has 162 valence electrons. The minimum absolute atomic E-state index is 0.0977. The zero-order valence-electron chi connectivity index (χ0n) is 17.2. The first-order valence-corrected chi connectivity index (χ1v) is 10.6. The van der Waals surface area contributed by atoms with E-state index in [2.05, 4.69) is 4.98 Å². The highest BCUT2D eigenvalue weighted by molar-refractivity contribution is 5.95. The van der Waals surface area contributed by atoms with Crippen molar-refractivity contribution < 1.29 is 23.1 Å². The number of halogens is 2. The Morgan fingerprint density at radius 1 is 1.16 bits per heavy atom. The van der Waals surface area contributed by atoms with Crippen molar-refractivity contribution in [2.75, 3.05) is 13.1 Å². The van der Waals surface area contributed by atoms with E-state index in [1.807, 2.05) is 0 Å². The molecular formula is C23H23F2N3O3. The summed E-state index contributed by atoms with van der Waals surface area (Å²) in [7, 11) is 0. The van der Waals surface area contributed by atoms with Gasteiger partial charge in [0.25, 0.3) is 11.8 Å². The minimum atomic E-state index is -0.976. The Hall–Kier alpha value is -2.87. The number of piperidine rings is 1. The maximum Gasteiger partial charge on any atom is 0.257 e. The van der Waals surface area contributed by atoms with Crippen LogP contribution in [0, 0.1) is 18.6 Å². The maximum absolute atomic E-state index is 13.7. The topological polar surface area (TPSA) is 62.7 Å². The molecule has 3 aliphatic heterocycles. The van der Waals surface area contributed by atoms with Crippen LogP contribution in [0.5, 0.6) is 0 Å². The number of hydrogen-bond acceptors (Lipinski definition) is 4. The molecule has 0 unspecified atom stereocenters. The lowest BCUT2D eigenvalue weighted by Gasteiger charge is -2.37. The molecule has 5 rings (SSSR count). The fourth-order valence-corrected chi connectivity index (χ4v) is 5.09. The normalized spacial score (nSPS) is 24.7. The number of hydrogen-bond donors (Lipinski definition) is 0. The zero-order chi connectivity index (χ0) is 21.8. The summed E-state index contributed by atoms with van der Waals surface area (Å²) >= 11 is 0. The second-order valence-corrected chi connectivity index (χ2v) is 8.50. The van der Waals surface area contributed by atoms with Gasteiger partial charge in [0.1, 0.15) is 17.9 Å². The minimum Gasteiger partial charge on any atom is -0.342 e. The van der Waals surface area contributed by atoms with Gasteiger partial charge in [-0.1, -0.05) is 0 Å². The van der Waals surface area contributed by atoms with Crippen molar-refractivity contribution >= 4 is 11.8 Å². The van der Waals surface area contributed by atoms with Gasteiger partial charge in [0.15, 0.2) is 5.60 Å². The lowest BCUT2D eigenvalue weighted by atomic mass is 9.89. The summed E-state index contributed by atoms with van der Waals surface area (Å²) in [5, 5.41) is 0. The molecule has 0 aliphatic carbocycles. The van der Waals surface area contributed by atoms with Crippen LogP contribution in [0.15, 0.2) is 36.5 Å². The zero-order valence-corrected chi connectivity index (χ0v) is 17.2. The highest BCUT2D eigenvalue weighted by Crippen LogP contribution is 2.47. The molecule has 3 fully saturated rings. The molecule has 3 saturated heterocycles. The van der Waals surface area contributed by atoms with Gasteiger partial charge in [0, 0.05) is 43.9 Å². The Kier molecular flexibility index (Phi) is 4.77. The Bertz CT molecular complexity index is 1030. The van der Waals surface area contributed by atoms with Crippen molar-refractivity contribution in [2.24, 2.45) is 0 Å². The molecule has 1 aromatic heterocycles. The molecule has 2 atom stereocenters. The average Bonchev–Trinajstić information content (AvgIpc) is 3.26. The van der Waals surface area contributed by atoms with Gasteiger partial charge in [-0.15, -0.1) is 0 Å². The van der Waals surface area contributed by atoms with E-state index >= 15 is 0 Å². The van der Waals surface area contributed by atoms with E-state index in [1.54, 1.807) is 35.1 Å². The number of benzene rings is 1. The number of aryl methyl sites for hydroxylation is 1. The Balaban J connectivity index is 1.32. The Labute approximate surface area is 178 Å². The van der Waals surface area contributed by atoms with Crippen LogP contribution < -0.4 is 0 Å². The molecule has 8 heteroatoms. The summed E-state index contributed by atoms with van der Waals surface area (Å²) < 4.78 is 33.7. The summed E-state index contributed by atoms with van der Waals surface area (Å²) in [4.78, 5) is 33.9. The van der Waals surface area contributed by atoms with Crippen LogP contribution in [0.25, 0.3) is 0 Å². The number of carbonyl (C=O) groups excluding carboxylic acids is 2. The smallest absolute Gasteiger partial charge is 0.257 e. The van der Waals surface area contributed by atoms with E-state index in [9.17, 15) is 18.4 Å². The van der Waals surface area contributed by atoms with Gasteiger partial charge in [-0.05, 0) is 49.6 Å². The van der Waals surface area contributed by atoms with E-state index < -0.39 is 29.5 Å². The largest absolute Gasteiger partial charge is 0.342 e. The van der Waals surface area contributed by atoms with Gasteiger partial charge in [-0.25, -0.2) is 8.78 Å². The van der Waals surface area contributed by atoms with Crippen LogP contribution in [0.2, 0.25) is 0 Å². The summed E-state index contributed by atoms with van der Waals surface area (Å²) in [5.74, 6) is -1.55. The van der Waals surface area contributed by atoms with Gasteiger partial charge >= 0.3 is 0 Å². The maximum atomic E-state index is 13.7. The molecule has 3 aliphatic rings. The number of fused-ring (bicyclic) bond motifs is 1. The fourth-order valence-electron chi connectivity index (χ4n) is 5.09. The number of amides is 2. The van der Waals surface area contributed by atoms with Crippen LogP contribution in [0.4, 0.5) is 8.78 Å². The summed E-state index contributed by atoms with van der Waals surface area (Å²) in [5.41, 5.74) is 0.710. The summed E-state index contributed by atoms with van der Waals surface area (Å²) in [6.07, 6.45) is 3.26. The molecule has 0 N–H and O–H groups in total. The van der Waals surface area contributed by atoms with Crippen LogP contribution >= 0.6 is 0 Å². The van der Waals surface area contributed by atoms with Gasteiger partial charge in [-0.2, -0.15) is 0 Å². The standard InChI is InChI=1S/C23H23F2N3O3/c1-14-18(3-2-8-26-14)21(29)27-9-6-23(7-10-27)22(30)28-19(4-5-20(28)31-23)15-11-16(24)13-17(25)12-15/h2-3,8,11-13,19-20H,4-7,9-10H2,1H3/t19-,20+/m0/s1. The third-order valence-corrected chi connectivity index (χ3v) is 6.68. The van der Waals surface area contributed by atoms with E-state index in [0.717, 1.165) is 6.07 Å². The van der Waals surface area contributed by atoms with E-state index in [1.165, 1.54) is 12.1 Å². The number of ether oxygens (including phenoxy) is 1. The van der Waals surface area contributed by atoms with E-state index in [4.69, 9.17) is 4.74 Å². The van der Waals surface area contributed by atoms with Gasteiger partial charge in [0.05, 0.1) is 11.6 Å². The first kappa shape index (κ1) is 20.1. The lowest BCUT2D eigenvalue weighted by Crippen LogP contribution is -2.51. The second kappa shape index (κ2) is 7.37. The summed E-state index contributed by atoms with van der Waals surface area (Å²) in [6.45, 7) is 2.60. The molecule has 0 saturated carbocycles. The van der Waals surface area contributed by atoms with E-state index in [-0.39, 0.29) is 11.8 Å². The van der Waals surface area contributed by atoms with Crippen molar-refractivity contribution in [3.63, 3.8) is 0 Å². The van der Waals surface area contributed by atoms with Crippen molar-refractivity contribution in [3.8, 4) is 0 Å². The quantitative estimate of drug-likeness (QED) is 0.737. The molecule has 0 bridgehead atoms. The fraction of sp³-hybridized carbons (Fsp3) is 0.435. The number of carbonyl (C=O) groups is 2. The van der Waals surface area contributed by atoms with Crippen molar-refractivity contribution in [2.45, 2.75) is 50.5 Å². The predicted molar refractivity (Wildman–Crippen MR) is 107 cm³/mol. The predicted octanol–water partition coefficient (Wildman–Crippen LogP) is 3.36. The molecule has 1 aromatic carbocycles. The molecule has 1 spiro atoms. The van der Waals surface area contributed by atoms with Crippen molar-refractivity contribution in [1.82, 2.24) is 14.8 Å². The van der Waals surface area contributed by atoms with Gasteiger partial charge < -0.3 is 14.5 Å². The van der Waals surface area contributed by atoms with E-state index in [0.29, 0.717) is 55.6 Å². The molecule has 2 amide bonds.